The molecule has 1 saturated carbocycles. The second-order valence-corrected chi connectivity index (χ2v) is 8.70. The third-order valence-electron chi connectivity index (χ3n) is 5.48. The monoisotopic (exact) mass is 403 g/mol. The van der Waals surface area contributed by atoms with Crippen LogP contribution in [0.3, 0.4) is 0 Å². The van der Waals surface area contributed by atoms with Gasteiger partial charge in [-0.2, -0.15) is 5.10 Å². The SMILES string of the molecule is Cn1cc2sc(C(=O)N3C[C@@H]4CC[C@@H](Oc5ccc(Cl)nn5)[C@@H]4C3)cc2n1. The van der Waals surface area contributed by atoms with E-state index in [1.807, 2.05) is 24.2 Å². The summed E-state index contributed by atoms with van der Waals surface area (Å²) in [6, 6.07) is 5.31. The van der Waals surface area contributed by atoms with Crippen LogP contribution in [0.25, 0.3) is 10.2 Å². The van der Waals surface area contributed by atoms with Crippen LogP contribution < -0.4 is 4.74 Å². The molecule has 5 rings (SSSR count). The Morgan fingerprint density at radius 2 is 2.19 bits per heavy atom. The maximum atomic E-state index is 13.0. The Bertz CT molecular complexity index is 970. The third kappa shape index (κ3) is 3.06. The molecule has 1 aliphatic heterocycles. The fourth-order valence-electron chi connectivity index (χ4n) is 4.25. The van der Waals surface area contributed by atoms with Crippen LogP contribution in [0.15, 0.2) is 24.4 Å². The van der Waals surface area contributed by atoms with E-state index in [1.165, 1.54) is 11.3 Å². The van der Waals surface area contributed by atoms with E-state index >= 15 is 0 Å². The first-order valence-corrected chi connectivity index (χ1v) is 10.1. The minimum Gasteiger partial charge on any atom is -0.473 e. The summed E-state index contributed by atoms with van der Waals surface area (Å²) in [5.74, 6) is 1.40. The Morgan fingerprint density at radius 1 is 1.30 bits per heavy atom. The lowest BCUT2D eigenvalue weighted by Crippen LogP contribution is -2.32. The van der Waals surface area contributed by atoms with Crippen molar-refractivity contribution >= 4 is 39.1 Å². The normalized spacial score (nSPS) is 24.5. The van der Waals surface area contributed by atoms with E-state index in [-0.39, 0.29) is 12.0 Å². The smallest absolute Gasteiger partial charge is 0.264 e. The van der Waals surface area contributed by atoms with Crippen molar-refractivity contribution in [1.82, 2.24) is 24.9 Å². The highest BCUT2D eigenvalue weighted by Crippen LogP contribution is 2.41. The number of fused-ring (bicyclic) bond motifs is 2. The van der Waals surface area contributed by atoms with E-state index in [1.54, 1.807) is 16.8 Å². The van der Waals surface area contributed by atoms with Crippen LogP contribution in [0.2, 0.25) is 5.15 Å². The molecule has 3 atom stereocenters. The molecule has 140 valence electrons. The maximum Gasteiger partial charge on any atom is 0.264 e. The topological polar surface area (TPSA) is 73.1 Å². The summed E-state index contributed by atoms with van der Waals surface area (Å²) in [6.07, 6.45) is 4.06. The second kappa shape index (κ2) is 6.45. The van der Waals surface area contributed by atoms with Crippen molar-refractivity contribution in [2.45, 2.75) is 18.9 Å². The number of carbonyl (C=O) groups excluding carboxylic acids is 1. The molecule has 0 N–H and O–H groups in total. The number of likely N-dealkylation sites (tertiary alicyclic amines) is 1. The molecule has 27 heavy (non-hydrogen) atoms. The molecule has 0 aromatic carbocycles. The fraction of sp³-hybridized carbons (Fsp3) is 0.444. The Kier molecular flexibility index (Phi) is 4.05. The largest absolute Gasteiger partial charge is 0.473 e. The minimum atomic E-state index is 0.0635. The first-order valence-electron chi connectivity index (χ1n) is 8.95. The molecule has 7 nitrogen and oxygen atoms in total. The van der Waals surface area contributed by atoms with Crippen molar-refractivity contribution in [2.75, 3.05) is 13.1 Å². The van der Waals surface area contributed by atoms with Gasteiger partial charge in [0.05, 0.1) is 9.58 Å². The van der Waals surface area contributed by atoms with Crippen LogP contribution in [0, 0.1) is 11.8 Å². The number of hydrogen-bond acceptors (Lipinski definition) is 6. The van der Waals surface area contributed by atoms with Crippen LogP contribution in [-0.2, 0) is 7.05 Å². The maximum absolute atomic E-state index is 13.0. The number of aryl methyl sites for hydroxylation is 1. The van der Waals surface area contributed by atoms with Gasteiger partial charge in [0.25, 0.3) is 5.91 Å². The van der Waals surface area contributed by atoms with Gasteiger partial charge in [-0.25, -0.2) is 0 Å². The zero-order chi connectivity index (χ0) is 18.5. The number of halogens is 1. The lowest BCUT2D eigenvalue weighted by molar-refractivity contribution is 0.0765. The van der Waals surface area contributed by atoms with Crippen LogP contribution in [-0.4, -0.2) is 50.0 Å². The number of carbonyl (C=O) groups is 1. The number of ether oxygens (including phenoxy) is 1. The van der Waals surface area contributed by atoms with Gasteiger partial charge in [0.2, 0.25) is 5.88 Å². The number of nitrogens with zero attached hydrogens (tertiary/aromatic N) is 5. The standard InChI is InChI=1S/C18H18ClN5O2S/c1-23-9-15-12(22-23)6-14(27-15)18(25)24-7-10-2-3-13(11(10)8-24)26-17-5-4-16(19)20-21-17/h4-6,9-11,13H,2-3,7-8H2,1H3/t10-,11+,13+/m0/s1. The molecule has 4 heterocycles. The van der Waals surface area contributed by atoms with Gasteiger partial charge in [-0.05, 0) is 30.9 Å². The summed E-state index contributed by atoms with van der Waals surface area (Å²) in [4.78, 5) is 15.7. The van der Waals surface area contributed by atoms with Crippen molar-refractivity contribution < 1.29 is 9.53 Å². The molecule has 9 heteroatoms. The zero-order valence-electron chi connectivity index (χ0n) is 14.7. The van der Waals surface area contributed by atoms with Crippen LogP contribution in [0.5, 0.6) is 5.88 Å². The van der Waals surface area contributed by atoms with Gasteiger partial charge in [-0.3, -0.25) is 9.48 Å². The molecule has 0 bridgehead atoms. The molecule has 0 spiro atoms. The van der Waals surface area contributed by atoms with Crippen molar-refractivity contribution in [3.05, 3.63) is 34.4 Å². The van der Waals surface area contributed by atoms with Gasteiger partial charge in [0, 0.05) is 38.3 Å². The first kappa shape index (κ1) is 16.9. The molecular weight excluding hydrogens is 386 g/mol. The molecule has 0 radical (unpaired) electrons. The van der Waals surface area contributed by atoms with Crippen LogP contribution >= 0.6 is 22.9 Å². The van der Waals surface area contributed by atoms with E-state index in [4.69, 9.17) is 16.3 Å². The summed E-state index contributed by atoms with van der Waals surface area (Å²) in [5.41, 5.74) is 0.882. The molecule has 1 saturated heterocycles. The molecule has 2 fully saturated rings. The molecule has 2 aliphatic rings. The Morgan fingerprint density at radius 3 is 2.96 bits per heavy atom. The highest BCUT2D eigenvalue weighted by atomic mass is 35.5. The highest BCUT2D eigenvalue weighted by molar-refractivity contribution is 7.20. The Labute approximate surface area is 164 Å². The number of rotatable bonds is 3. The number of amides is 1. The summed E-state index contributed by atoms with van der Waals surface area (Å²) in [5, 5.41) is 12.6. The number of aromatic nitrogens is 4. The molecular formula is C18H18ClN5O2S. The van der Waals surface area contributed by atoms with E-state index in [2.05, 4.69) is 15.3 Å². The summed E-state index contributed by atoms with van der Waals surface area (Å²) in [6.45, 7) is 1.51. The lowest BCUT2D eigenvalue weighted by atomic mass is 9.99. The van der Waals surface area contributed by atoms with Crippen molar-refractivity contribution in [1.29, 1.82) is 0 Å². The predicted octanol–water partition coefficient (Wildman–Crippen LogP) is 3.01. The second-order valence-electron chi connectivity index (χ2n) is 7.22. The number of thiophene rings is 1. The van der Waals surface area contributed by atoms with Crippen molar-refractivity contribution in [2.24, 2.45) is 18.9 Å². The predicted molar refractivity (Wildman–Crippen MR) is 102 cm³/mol. The summed E-state index contributed by atoms with van der Waals surface area (Å²) in [7, 11) is 1.89. The van der Waals surface area contributed by atoms with Crippen molar-refractivity contribution in [3.63, 3.8) is 0 Å². The van der Waals surface area contributed by atoms with Gasteiger partial charge >= 0.3 is 0 Å². The molecule has 1 aliphatic carbocycles. The molecule has 1 amide bonds. The van der Waals surface area contributed by atoms with Gasteiger partial charge < -0.3 is 9.64 Å². The van der Waals surface area contributed by atoms with Gasteiger partial charge in [-0.15, -0.1) is 21.5 Å². The van der Waals surface area contributed by atoms with Crippen molar-refractivity contribution in [3.8, 4) is 5.88 Å². The third-order valence-corrected chi connectivity index (χ3v) is 6.73. The quantitative estimate of drug-likeness (QED) is 0.672. The van der Waals surface area contributed by atoms with Gasteiger partial charge in [0.1, 0.15) is 11.6 Å². The van der Waals surface area contributed by atoms with Gasteiger partial charge in [-0.1, -0.05) is 11.6 Å². The minimum absolute atomic E-state index is 0.0635. The lowest BCUT2D eigenvalue weighted by Gasteiger charge is -2.21. The van der Waals surface area contributed by atoms with E-state index in [0.717, 1.165) is 41.0 Å². The average Bonchev–Trinajstić information content (AvgIpc) is 3.37. The highest BCUT2D eigenvalue weighted by Gasteiger charge is 2.45. The molecule has 3 aromatic heterocycles. The summed E-state index contributed by atoms with van der Waals surface area (Å²) >= 11 is 7.29. The number of hydrogen-bond donors (Lipinski definition) is 0. The Hall–Kier alpha value is -2.19. The van der Waals surface area contributed by atoms with E-state index in [0.29, 0.717) is 22.9 Å². The van der Waals surface area contributed by atoms with Gasteiger partial charge in [0.15, 0.2) is 5.15 Å². The van der Waals surface area contributed by atoms with E-state index < -0.39 is 0 Å². The summed E-state index contributed by atoms with van der Waals surface area (Å²) < 4.78 is 8.87. The van der Waals surface area contributed by atoms with Crippen LogP contribution in [0.1, 0.15) is 22.5 Å². The van der Waals surface area contributed by atoms with E-state index in [9.17, 15) is 4.79 Å². The Balaban J connectivity index is 1.29. The fourth-order valence-corrected chi connectivity index (χ4v) is 5.38. The molecule has 0 unspecified atom stereocenters. The molecule has 3 aromatic rings. The first-order chi connectivity index (χ1) is 13.1. The zero-order valence-corrected chi connectivity index (χ0v) is 16.3. The van der Waals surface area contributed by atoms with Crippen LogP contribution in [0.4, 0.5) is 0 Å². The average molecular weight is 404 g/mol.